The van der Waals surface area contributed by atoms with E-state index in [-0.39, 0.29) is 11.8 Å². The maximum absolute atomic E-state index is 12.5. The first-order valence-electron chi connectivity index (χ1n) is 6.54. The molecule has 6 heteroatoms. The molecular weight excluding hydrogens is 274 g/mol. The molecule has 2 N–H and O–H groups in total. The van der Waals surface area contributed by atoms with Crippen LogP contribution in [0.15, 0.2) is 29.2 Å². The number of nitrogens with one attached hydrogen (secondary N) is 2. The van der Waals surface area contributed by atoms with Gasteiger partial charge in [0.2, 0.25) is 5.91 Å². The van der Waals surface area contributed by atoms with Gasteiger partial charge in [0.05, 0.1) is 0 Å². The van der Waals surface area contributed by atoms with Crippen LogP contribution in [0.1, 0.15) is 10.4 Å². The Morgan fingerprint density at radius 1 is 1.35 bits per heavy atom. The van der Waals surface area contributed by atoms with E-state index in [2.05, 4.69) is 10.6 Å². The molecule has 1 aliphatic heterocycles. The van der Waals surface area contributed by atoms with E-state index >= 15 is 0 Å². The van der Waals surface area contributed by atoms with Crippen LogP contribution in [0.25, 0.3) is 0 Å². The van der Waals surface area contributed by atoms with Crippen molar-refractivity contribution < 1.29 is 9.59 Å². The molecule has 1 aliphatic rings. The molecule has 0 aliphatic carbocycles. The molecule has 0 saturated carbocycles. The Hall–Kier alpha value is -1.53. The van der Waals surface area contributed by atoms with Crippen molar-refractivity contribution in [3.8, 4) is 0 Å². The van der Waals surface area contributed by atoms with Crippen LogP contribution in [-0.2, 0) is 4.79 Å². The van der Waals surface area contributed by atoms with E-state index in [0.717, 1.165) is 4.90 Å². The Kier molecular flexibility index (Phi) is 5.03. The van der Waals surface area contributed by atoms with Crippen molar-refractivity contribution in [3.63, 3.8) is 0 Å². The summed E-state index contributed by atoms with van der Waals surface area (Å²) >= 11 is 1.63. The number of piperazine rings is 1. The minimum atomic E-state index is -0.443. The second-order valence-corrected chi connectivity index (χ2v) is 5.44. The molecule has 1 heterocycles. The number of carbonyl (C=O) groups excluding carboxylic acids is 2. The summed E-state index contributed by atoms with van der Waals surface area (Å²) < 4.78 is 0. The van der Waals surface area contributed by atoms with Gasteiger partial charge in [-0.1, -0.05) is 0 Å². The molecule has 108 valence electrons. The van der Waals surface area contributed by atoms with Gasteiger partial charge in [-0.3, -0.25) is 9.59 Å². The molecule has 0 bridgehead atoms. The van der Waals surface area contributed by atoms with E-state index in [1.54, 1.807) is 23.7 Å². The van der Waals surface area contributed by atoms with Crippen molar-refractivity contribution in [1.29, 1.82) is 0 Å². The van der Waals surface area contributed by atoms with Gasteiger partial charge in [0.15, 0.2) is 0 Å². The number of hydrogen-bond donors (Lipinski definition) is 2. The van der Waals surface area contributed by atoms with Gasteiger partial charge in [-0.25, -0.2) is 0 Å². The number of benzene rings is 1. The predicted molar refractivity (Wildman–Crippen MR) is 80.0 cm³/mol. The van der Waals surface area contributed by atoms with Gasteiger partial charge in [-0.15, -0.1) is 11.8 Å². The van der Waals surface area contributed by atoms with Crippen LogP contribution in [0.3, 0.4) is 0 Å². The van der Waals surface area contributed by atoms with Gasteiger partial charge in [-0.05, 0) is 30.5 Å². The number of hydrogen-bond acceptors (Lipinski definition) is 4. The van der Waals surface area contributed by atoms with Crippen LogP contribution >= 0.6 is 11.8 Å². The fourth-order valence-corrected chi connectivity index (χ4v) is 2.66. The number of thioether (sulfide) groups is 1. The van der Waals surface area contributed by atoms with Gasteiger partial charge in [0, 0.05) is 37.1 Å². The maximum atomic E-state index is 12.5. The number of amides is 2. The van der Waals surface area contributed by atoms with Crippen LogP contribution in [0.4, 0.5) is 0 Å². The van der Waals surface area contributed by atoms with E-state index in [1.165, 1.54) is 0 Å². The molecule has 1 atom stereocenters. The topological polar surface area (TPSA) is 61.4 Å². The molecule has 1 unspecified atom stereocenters. The lowest BCUT2D eigenvalue weighted by atomic mass is 10.1. The average molecular weight is 293 g/mol. The van der Waals surface area contributed by atoms with Crippen molar-refractivity contribution in [2.24, 2.45) is 0 Å². The molecule has 5 nitrogen and oxygen atoms in total. The SMILES string of the molecule is CNC(=O)C1CNCCN1C(=O)c1ccc(SC)cc1. The number of rotatable bonds is 3. The quantitative estimate of drug-likeness (QED) is 0.800. The second kappa shape index (κ2) is 6.76. The summed E-state index contributed by atoms with van der Waals surface area (Å²) in [6, 6.07) is 7.04. The molecular formula is C14H19N3O2S. The van der Waals surface area contributed by atoms with Crippen LogP contribution in [0.2, 0.25) is 0 Å². The largest absolute Gasteiger partial charge is 0.357 e. The summed E-state index contributed by atoms with van der Waals surface area (Å²) in [6.45, 7) is 1.75. The zero-order valence-corrected chi connectivity index (χ0v) is 12.5. The normalized spacial score (nSPS) is 18.7. The van der Waals surface area contributed by atoms with E-state index in [4.69, 9.17) is 0 Å². The van der Waals surface area contributed by atoms with E-state index in [9.17, 15) is 9.59 Å². The molecule has 2 rings (SSSR count). The van der Waals surface area contributed by atoms with Crippen molar-refractivity contribution in [2.75, 3.05) is 32.9 Å². The highest BCUT2D eigenvalue weighted by atomic mass is 32.2. The second-order valence-electron chi connectivity index (χ2n) is 4.56. The lowest BCUT2D eigenvalue weighted by Crippen LogP contribution is -2.59. The Labute approximate surface area is 123 Å². The van der Waals surface area contributed by atoms with Crippen molar-refractivity contribution in [1.82, 2.24) is 15.5 Å². The van der Waals surface area contributed by atoms with Gasteiger partial charge >= 0.3 is 0 Å². The van der Waals surface area contributed by atoms with Crippen LogP contribution < -0.4 is 10.6 Å². The van der Waals surface area contributed by atoms with Crippen LogP contribution in [0.5, 0.6) is 0 Å². The van der Waals surface area contributed by atoms with Crippen LogP contribution in [0, 0.1) is 0 Å². The zero-order chi connectivity index (χ0) is 14.5. The molecule has 0 spiro atoms. The third-order valence-corrected chi connectivity index (χ3v) is 4.13. The molecule has 0 aromatic heterocycles. The van der Waals surface area contributed by atoms with Gasteiger partial charge in [-0.2, -0.15) is 0 Å². The fraction of sp³-hybridized carbons (Fsp3) is 0.429. The Bertz CT molecular complexity index is 490. The molecule has 1 aromatic rings. The molecule has 1 aromatic carbocycles. The predicted octanol–water partition coefficient (Wildman–Crippen LogP) is 0.569. The Morgan fingerprint density at radius 3 is 2.65 bits per heavy atom. The summed E-state index contributed by atoms with van der Waals surface area (Å²) in [4.78, 5) is 27.2. The number of nitrogens with zero attached hydrogens (tertiary/aromatic N) is 1. The summed E-state index contributed by atoms with van der Waals surface area (Å²) in [5.74, 6) is -0.223. The number of carbonyl (C=O) groups is 2. The standard InChI is InChI=1S/C14H19N3O2S/c1-15-13(18)12-9-16-7-8-17(12)14(19)10-3-5-11(20-2)6-4-10/h3-6,12,16H,7-9H2,1-2H3,(H,15,18). The van der Waals surface area contributed by atoms with Crippen LogP contribution in [-0.4, -0.2) is 55.7 Å². The van der Waals surface area contributed by atoms with Crippen molar-refractivity contribution in [3.05, 3.63) is 29.8 Å². The minimum absolute atomic E-state index is 0.0900. The fourth-order valence-electron chi connectivity index (χ4n) is 2.25. The molecule has 2 amide bonds. The van der Waals surface area contributed by atoms with Gasteiger partial charge in [0.25, 0.3) is 5.91 Å². The monoisotopic (exact) mass is 293 g/mol. The van der Waals surface area contributed by atoms with Crippen molar-refractivity contribution >= 4 is 23.6 Å². The third kappa shape index (κ3) is 3.13. The van der Waals surface area contributed by atoms with Crippen molar-refractivity contribution in [2.45, 2.75) is 10.9 Å². The average Bonchev–Trinajstić information content (AvgIpc) is 2.53. The lowest BCUT2D eigenvalue weighted by molar-refractivity contribution is -0.125. The van der Waals surface area contributed by atoms with E-state index in [1.807, 2.05) is 30.5 Å². The van der Waals surface area contributed by atoms with E-state index < -0.39 is 6.04 Å². The number of likely N-dealkylation sites (N-methyl/N-ethyl adjacent to an activating group) is 1. The summed E-state index contributed by atoms with van der Waals surface area (Å²) in [5.41, 5.74) is 0.624. The first-order valence-corrected chi connectivity index (χ1v) is 7.77. The molecule has 0 radical (unpaired) electrons. The highest BCUT2D eigenvalue weighted by Crippen LogP contribution is 2.17. The summed E-state index contributed by atoms with van der Waals surface area (Å²) in [7, 11) is 1.59. The lowest BCUT2D eigenvalue weighted by Gasteiger charge is -2.35. The smallest absolute Gasteiger partial charge is 0.254 e. The van der Waals surface area contributed by atoms with Gasteiger partial charge < -0.3 is 15.5 Å². The minimum Gasteiger partial charge on any atom is -0.357 e. The summed E-state index contributed by atoms with van der Waals surface area (Å²) in [5, 5.41) is 5.76. The maximum Gasteiger partial charge on any atom is 0.254 e. The first kappa shape index (κ1) is 14.9. The van der Waals surface area contributed by atoms with Gasteiger partial charge in [0.1, 0.15) is 6.04 Å². The Morgan fingerprint density at radius 2 is 2.05 bits per heavy atom. The highest BCUT2D eigenvalue weighted by Gasteiger charge is 2.31. The molecule has 1 saturated heterocycles. The summed E-state index contributed by atoms with van der Waals surface area (Å²) in [6.07, 6.45) is 1.99. The molecule has 20 heavy (non-hydrogen) atoms. The first-order chi connectivity index (χ1) is 9.67. The zero-order valence-electron chi connectivity index (χ0n) is 11.7. The third-order valence-electron chi connectivity index (χ3n) is 3.39. The Balaban J connectivity index is 2.18. The molecule has 1 fully saturated rings. The highest BCUT2D eigenvalue weighted by molar-refractivity contribution is 7.98. The van der Waals surface area contributed by atoms with E-state index in [0.29, 0.717) is 25.2 Å².